The molecule has 3 heteroatoms. The van der Waals surface area contributed by atoms with Gasteiger partial charge in [-0.15, -0.1) is 0 Å². The van der Waals surface area contributed by atoms with E-state index in [9.17, 15) is 0 Å². The standard InChI is InChI=1S/C12H25NOS/c1-3-13-12(6-9-15-2)10-11-4-7-14-8-5-11/h11-13H,3-10H2,1-2H3. The van der Waals surface area contributed by atoms with Crippen LogP contribution in [0.25, 0.3) is 0 Å². The van der Waals surface area contributed by atoms with E-state index < -0.39 is 0 Å². The van der Waals surface area contributed by atoms with Crippen molar-refractivity contribution in [2.45, 2.75) is 38.6 Å². The van der Waals surface area contributed by atoms with Crippen LogP contribution < -0.4 is 5.32 Å². The molecule has 0 radical (unpaired) electrons. The lowest BCUT2D eigenvalue weighted by Gasteiger charge is -2.27. The van der Waals surface area contributed by atoms with Crippen molar-refractivity contribution in [2.24, 2.45) is 5.92 Å². The van der Waals surface area contributed by atoms with Gasteiger partial charge in [0.25, 0.3) is 0 Å². The van der Waals surface area contributed by atoms with Gasteiger partial charge in [0.05, 0.1) is 0 Å². The van der Waals surface area contributed by atoms with E-state index in [0.29, 0.717) is 0 Å². The molecule has 1 saturated heterocycles. The van der Waals surface area contributed by atoms with E-state index in [2.05, 4.69) is 18.5 Å². The molecule has 1 N–H and O–H groups in total. The first-order valence-corrected chi connectivity index (χ1v) is 7.56. The summed E-state index contributed by atoms with van der Waals surface area (Å²) in [4.78, 5) is 0. The molecule has 90 valence electrons. The number of thioether (sulfide) groups is 1. The van der Waals surface area contributed by atoms with Crippen LogP contribution in [-0.4, -0.2) is 37.8 Å². The molecule has 2 nitrogen and oxygen atoms in total. The van der Waals surface area contributed by atoms with Crippen LogP contribution in [0.15, 0.2) is 0 Å². The van der Waals surface area contributed by atoms with Gasteiger partial charge >= 0.3 is 0 Å². The Labute approximate surface area is 98.5 Å². The fourth-order valence-electron chi connectivity index (χ4n) is 2.24. The number of hydrogen-bond donors (Lipinski definition) is 1. The highest BCUT2D eigenvalue weighted by Crippen LogP contribution is 2.21. The van der Waals surface area contributed by atoms with Crippen LogP contribution in [0.4, 0.5) is 0 Å². The third-order valence-electron chi connectivity index (χ3n) is 3.12. The maximum Gasteiger partial charge on any atom is 0.0468 e. The van der Waals surface area contributed by atoms with Crippen LogP contribution in [0.2, 0.25) is 0 Å². The molecule has 0 aromatic rings. The van der Waals surface area contributed by atoms with E-state index in [1.165, 1.54) is 31.4 Å². The first-order valence-electron chi connectivity index (χ1n) is 6.16. The van der Waals surface area contributed by atoms with E-state index in [1.807, 2.05) is 11.8 Å². The predicted molar refractivity (Wildman–Crippen MR) is 68.6 cm³/mol. The highest BCUT2D eigenvalue weighted by molar-refractivity contribution is 7.98. The van der Waals surface area contributed by atoms with E-state index in [-0.39, 0.29) is 0 Å². The molecule has 1 aliphatic rings. The highest BCUT2D eigenvalue weighted by atomic mass is 32.2. The van der Waals surface area contributed by atoms with Gasteiger partial charge in [-0.25, -0.2) is 0 Å². The Bertz CT molecular complexity index is 149. The Balaban J connectivity index is 2.21. The van der Waals surface area contributed by atoms with Crippen molar-refractivity contribution >= 4 is 11.8 Å². The number of rotatable bonds is 7. The highest BCUT2D eigenvalue weighted by Gasteiger charge is 2.18. The predicted octanol–water partition coefficient (Wildman–Crippen LogP) is 2.53. The van der Waals surface area contributed by atoms with Gasteiger partial charge in [0.2, 0.25) is 0 Å². The Hall–Kier alpha value is 0.270. The van der Waals surface area contributed by atoms with Crippen LogP contribution in [0, 0.1) is 5.92 Å². The number of hydrogen-bond acceptors (Lipinski definition) is 3. The molecule has 1 unspecified atom stereocenters. The summed E-state index contributed by atoms with van der Waals surface area (Å²) in [6.45, 7) is 5.26. The Morgan fingerprint density at radius 2 is 2.13 bits per heavy atom. The molecule has 1 atom stereocenters. The zero-order chi connectivity index (χ0) is 10.9. The molecule has 0 spiro atoms. The first kappa shape index (κ1) is 13.3. The zero-order valence-corrected chi connectivity index (χ0v) is 10.9. The smallest absolute Gasteiger partial charge is 0.0468 e. The van der Waals surface area contributed by atoms with Crippen molar-refractivity contribution < 1.29 is 4.74 Å². The van der Waals surface area contributed by atoms with Crippen LogP contribution >= 0.6 is 11.8 Å². The topological polar surface area (TPSA) is 21.3 Å². The van der Waals surface area contributed by atoms with Crippen molar-refractivity contribution in [3.63, 3.8) is 0 Å². The average Bonchev–Trinajstić information content (AvgIpc) is 2.28. The van der Waals surface area contributed by atoms with Crippen LogP contribution in [-0.2, 0) is 4.74 Å². The fraction of sp³-hybridized carbons (Fsp3) is 1.00. The largest absolute Gasteiger partial charge is 0.381 e. The summed E-state index contributed by atoms with van der Waals surface area (Å²) >= 11 is 1.95. The summed E-state index contributed by atoms with van der Waals surface area (Å²) < 4.78 is 5.40. The second-order valence-electron chi connectivity index (χ2n) is 4.33. The third-order valence-corrected chi connectivity index (χ3v) is 3.77. The van der Waals surface area contributed by atoms with Crippen molar-refractivity contribution in [1.29, 1.82) is 0 Å². The maximum atomic E-state index is 5.40. The molecular weight excluding hydrogens is 206 g/mol. The molecule has 0 bridgehead atoms. The number of ether oxygens (including phenoxy) is 1. The molecule has 1 rings (SSSR count). The minimum Gasteiger partial charge on any atom is -0.381 e. The van der Waals surface area contributed by atoms with E-state index in [0.717, 1.165) is 31.7 Å². The van der Waals surface area contributed by atoms with Crippen molar-refractivity contribution in [3.05, 3.63) is 0 Å². The van der Waals surface area contributed by atoms with Gasteiger partial charge < -0.3 is 10.1 Å². The summed E-state index contributed by atoms with van der Waals surface area (Å²) in [5, 5.41) is 3.61. The quantitative estimate of drug-likeness (QED) is 0.727. The summed E-state index contributed by atoms with van der Waals surface area (Å²) in [5.74, 6) is 2.17. The van der Waals surface area contributed by atoms with Crippen molar-refractivity contribution in [3.8, 4) is 0 Å². The normalized spacial score (nSPS) is 20.4. The Kier molecular flexibility index (Phi) is 7.49. The van der Waals surface area contributed by atoms with Gasteiger partial charge in [-0.3, -0.25) is 0 Å². The summed E-state index contributed by atoms with van der Waals surface area (Å²) in [6, 6.07) is 0.727. The molecule has 0 aliphatic carbocycles. The lowest BCUT2D eigenvalue weighted by atomic mass is 9.91. The van der Waals surface area contributed by atoms with Crippen molar-refractivity contribution in [1.82, 2.24) is 5.32 Å². The third kappa shape index (κ3) is 5.79. The zero-order valence-electron chi connectivity index (χ0n) is 10.1. The van der Waals surface area contributed by atoms with Gasteiger partial charge in [-0.1, -0.05) is 6.92 Å². The van der Waals surface area contributed by atoms with Crippen LogP contribution in [0.1, 0.15) is 32.6 Å². The van der Waals surface area contributed by atoms with Crippen LogP contribution in [0.5, 0.6) is 0 Å². The summed E-state index contributed by atoms with van der Waals surface area (Å²) in [7, 11) is 0. The van der Waals surface area contributed by atoms with Crippen LogP contribution in [0.3, 0.4) is 0 Å². The molecular formula is C12H25NOS. The van der Waals surface area contributed by atoms with E-state index >= 15 is 0 Å². The summed E-state index contributed by atoms with van der Waals surface area (Å²) in [5.41, 5.74) is 0. The lowest BCUT2D eigenvalue weighted by molar-refractivity contribution is 0.0605. The van der Waals surface area contributed by atoms with E-state index in [1.54, 1.807) is 0 Å². The minimum absolute atomic E-state index is 0.727. The molecule has 1 heterocycles. The van der Waals surface area contributed by atoms with Crippen molar-refractivity contribution in [2.75, 3.05) is 31.8 Å². The molecule has 0 aromatic heterocycles. The molecule has 15 heavy (non-hydrogen) atoms. The van der Waals surface area contributed by atoms with E-state index in [4.69, 9.17) is 4.74 Å². The van der Waals surface area contributed by atoms with Gasteiger partial charge in [0.15, 0.2) is 0 Å². The van der Waals surface area contributed by atoms with Gasteiger partial charge in [0, 0.05) is 19.3 Å². The molecule has 0 aromatic carbocycles. The average molecular weight is 231 g/mol. The van der Waals surface area contributed by atoms with Gasteiger partial charge in [0.1, 0.15) is 0 Å². The monoisotopic (exact) mass is 231 g/mol. The molecule has 1 fully saturated rings. The SMILES string of the molecule is CCNC(CCSC)CC1CCOCC1. The first-order chi connectivity index (χ1) is 7.36. The molecule has 0 amide bonds. The Morgan fingerprint density at radius 1 is 1.40 bits per heavy atom. The fourth-order valence-corrected chi connectivity index (χ4v) is 2.76. The molecule has 0 saturated carbocycles. The maximum absolute atomic E-state index is 5.40. The second-order valence-corrected chi connectivity index (χ2v) is 5.31. The van der Waals surface area contributed by atoms with Gasteiger partial charge in [-0.2, -0.15) is 11.8 Å². The van der Waals surface area contributed by atoms with Gasteiger partial charge in [-0.05, 0) is 50.2 Å². The lowest BCUT2D eigenvalue weighted by Crippen LogP contribution is -2.33. The minimum atomic E-state index is 0.727. The Morgan fingerprint density at radius 3 is 2.73 bits per heavy atom. The summed E-state index contributed by atoms with van der Waals surface area (Å²) in [6.07, 6.45) is 7.38. The number of nitrogens with one attached hydrogen (secondary N) is 1. The molecule has 1 aliphatic heterocycles. The second kappa shape index (κ2) is 8.43.